The first kappa shape index (κ1) is 16.2. The average Bonchev–Trinajstić information content (AvgIpc) is 2.41. The summed E-state index contributed by atoms with van der Waals surface area (Å²) in [5.74, 6) is 2.61. The average molecular weight is 285 g/mol. The van der Waals surface area contributed by atoms with E-state index in [9.17, 15) is 0 Å². The summed E-state index contributed by atoms with van der Waals surface area (Å²) in [4.78, 5) is 0. The van der Waals surface area contributed by atoms with Gasteiger partial charge in [-0.05, 0) is 24.3 Å². The van der Waals surface area contributed by atoms with Gasteiger partial charge in [-0.3, -0.25) is 0 Å². The lowest BCUT2D eigenvalue weighted by Crippen LogP contribution is -2.06. The predicted octanol–water partition coefficient (Wildman–Crippen LogP) is 5.70. The molecule has 0 saturated carbocycles. The van der Waals surface area contributed by atoms with Crippen molar-refractivity contribution in [1.29, 1.82) is 0 Å². The first-order valence-corrected chi connectivity index (χ1v) is 9.56. The number of hydrogen-bond donors (Lipinski definition) is 0. The summed E-state index contributed by atoms with van der Waals surface area (Å²) in [6, 6.07) is 0. The van der Waals surface area contributed by atoms with E-state index in [1.54, 1.807) is 0 Å². The molecule has 0 unspecified atom stereocenters. The van der Waals surface area contributed by atoms with Crippen LogP contribution >= 0.6 is 23.5 Å². The minimum atomic E-state index is 0.634. The molecule has 0 fully saturated rings. The predicted molar refractivity (Wildman–Crippen MR) is 89.8 cm³/mol. The van der Waals surface area contributed by atoms with Crippen LogP contribution in [0.5, 0.6) is 0 Å². The molecule has 0 atom stereocenters. The molecule has 1 rings (SSSR count). The molecule has 18 heavy (non-hydrogen) atoms. The molecule has 0 spiro atoms. The van der Waals surface area contributed by atoms with E-state index in [-0.39, 0.29) is 0 Å². The topological polar surface area (TPSA) is 0 Å². The zero-order valence-corrected chi connectivity index (χ0v) is 13.6. The molecule has 0 nitrogen and oxygen atoms in total. The van der Waals surface area contributed by atoms with E-state index in [2.05, 4.69) is 61.7 Å². The highest BCUT2D eigenvalue weighted by atomic mass is 32.2. The Morgan fingerprint density at radius 2 is 1.06 bits per heavy atom. The van der Waals surface area contributed by atoms with Gasteiger partial charge in [0.25, 0.3) is 0 Å². The molecule has 0 heterocycles. The third-order valence-corrected chi connectivity index (χ3v) is 5.54. The van der Waals surface area contributed by atoms with Crippen molar-refractivity contribution in [2.24, 2.45) is 0 Å². The van der Waals surface area contributed by atoms with Crippen molar-refractivity contribution in [2.45, 2.75) is 62.9 Å². The second kappa shape index (κ2) is 11.0. The van der Waals surface area contributed by atoms with Crippen LogP contribution in [0.4, 0.5) is 0 Å². The molecular formula is C16H28S2. The van der Waals surface area contributed by atoms with E-state index in [0.29, 0.717) is 10.5 Å². The highest BCUT2D eigenvalue weighted by molar-refractivity contribution is 8.00. The van der Waals surface area contributed by atoms with Crippen LogP contribution in [0.25, 0.3) is 0 Å². The molecule has 0 aromatic carbocycles. The van der Waals surface area contributed by atoms with E-state index in [0.717, 1.165) is 0 Å². The number of hydrogen-bond acceptors (Lipinski definition) is 2. The number of rotatable bonds is 10. The van der Waals surface area contributed by atoms with Crippen molar-refractivity contribution in [1.82, 2.24) is 0 Å². The molecule has 0 bridgehead atoms. The maximum Gasteiger partial charge on any atom is 0.0408 e. The zero-order chi connectivity index (χ0) is 13.1. The minimum absolute atomic E-state index is 0.634. The van der Waals surface area contributed by atoms with Gasteiger partial charge in [0.15, 0.2) is 0 Å². The third-order valence-electron chi connectivity index (χ3n) is 3.10. The summed E-state index contributed by atoms with van der Waals surface area (Å²) in [5, 5.41) is 1.27. The first-order chi connectivity index (χ1) is 8.86. The van der Waals surface area contributed by atoms with Crippen LogP contribution in [-0.2, 0) is 0 Å². The van der Waals surface area contributed by atoms with Crippen LogP contribution in [0.1, 0.15) is 52.4 Å². The van der Waals surface area contributed by atoms with Gasteiger partial charge in [0.05, 0.1) is 0 Å². The van der Waals surface area contributed by atoms with Crippen molar-refractivity contribution in [3.8, 4) is 0 Å². The van der Waals surface area contributed by atoms with Crippen LogP contribution in [0, 0.1) is 0 Å². The Morgan fingerprint density at radius 1 is 0.667 bits per heavy atom. The van der Waals surface area contributed by atoms with Crippen LogP contribution in [-0.4, -0.2) is 22.0 Å². The second-order valence-electron chi connectivity index (χ2n) is 4.85. The number of unbranched alkanes of at least 4 members (excludes halogenated alkanes) is 4. The highest BCUT2D eigenvalue weighted by Gasteiger charge is 2.09. The SMILES string of the molecule is CCCCCSC1C=CC(SCCCCC)C=C1. The third kappa shape index (κ3) is 7.58. The summed E-state index contributed by atoms with van der Waals surface area (Å²) < 4.78 is 0. The molecule has 1 aliphatic carbocycles. The highest BCUT2D eigenvalue weighted by Crippen LogP contribution is 2.25. The van der Waals surface area contributed by atoms with Gasteiger partial charge in [0.2, 0.25) is 0 Å². The minimum Gasteiger partial charge on any atom is -0.150 e. The van der Waals surface area contributed by atoms with Gasteiger partial charge in [0.1, 0.15) is 0 Å². The lowest BCUT2D eigenvalue weighted by atomic mass is 10.2. The molecule has 104 valence electrons. The Hall–Kier alpha value is 0.180. The number of thioether (sulfide) groups is 2. The summed E-state index contributed by atoms with van der Waals surface area (Å²) >= 11 is 4.18. The smallest absolute Gasteiger partial charge is 0.0408 e. The fourth-order valence-electron chi connectivity index (χ4n) is 1.93. The molecule has 0 aliphatic heterocycles. The molecule has 0 N–H and O–H groups in total. The summed E-state index contributed by atoms with van der Waals surface area (Å²) in [7, 11) is 0. The summed E-state index contributed by atoms with van der Waals surface area (Å²) in [6.45, 7) is 4.54. The monoisotopic (exact) mass is 284 g/mol. The Kier molecular flexibility index (Phi) is 9.96. The van der Waals surface area contributed by atoms with Gasteiger partial charge >= 0.3 is 0 Å². The lowest BCUT2D eigenvalue weighted by molar-refractivity contribution is 0.778. The maximum atomic E-state index is 2.40. The molecular weight excluding hydrogens is 256 g/mol. The van der Waals surface area contributed by atoms with E-state index < -0.39 is 0 Å². The van der Waals surface area contributed by atoms with Gasteiger partial charge in [0, 0.05) is 10.5 Å². The van der Waals surface area contributed by atoms with Gasteiger partial charge in [-0.25, -0.2) is 0 Å². The van der Waals surface area contributed by atoms with E-state index >= 15 is 0 Å². The van der Waals surface area contributed by atoms with Crippen molar-refractivity contribution < 1.29 is 0 Å². The van der Waals surface area contributed by atoms with Crippen molar-refractivity contribution in [3.63, 3.8) is 0 Å². The maximum absolute atomic E-state index is 2.40. The van der Waals surface area contributed by atoms with Crippen LogP contribution in [0.15, 0.2) is 24.3 Å². The molecule has 2 heteroatoms. The van der Waals surface area contributed by atoms with Crippen LogP contribution in [0.3, 0.4) is 0 Å². The summed E-state index contributed by atoms with van der Waals surface area (Å²) in [6.07, 6.45) is 17.7. The largest absolute Gasteiger partial charge is 0.150 e. The van der Waals surface area contributed by atoms with Gasteiger partial charge in [-0.2, -0.15) is 23.5 Å². The standard InChI is InChI=1S/C16H28S2/c1-3-5-7-13-17-15-9-11-16(12-10-15)18-14-8-6-4-2/h9-12,15-16H,3-8,13-14H2,1-2H3. The normalized spacial score (nSPS) is 22.6. The van der Waals surface area contributed by atoms with Crippen molar-refractivity contribution >= 4 is 23.5 Å². The lowest BCUT2D eigenvalue weighted by Gasteiger charge is -2.16. The zero-order valence-electron chi connectivity index (χ0n) is 11.9. The Morgan fingerprint density at radius 3 is 1.39 bits per heavy atom. The Balaban J connectivity index is 2.07. The van der Waals surface area contributed by atoms with Crippen LogP contribution in [0.2, 0.25) is 0 Å². The Labute approximate surface area is 122 Å². The van der Waals surface area contributed by atoms with E-state index in [1.807, 2.05) is 0 Å². The second-order valence-corrected chi connectivity index (χ2v) is 7.43. The quantitative estimate of drug-likeness (QED) is 0.373. The van der Waals surface area contributed by atoms with E-state index in [1.165, 1.54) is 50.0 Å². The van der Waals surface area contributed by atoms with Gasteiger partial charge in [-0.1, -0.05) is 63.8 Å². The molecule has 0 amide bonds. The molecule has 0 saturated heterocycles. The first-order valence-electron chi connectivity index (χ1n) is 7.46. The van der Waals surface area contributed by atoms with E-state index in [4.69, 9.17) is 0 Å². The Bertz CT molecular complexity index is 207. The molecule has 1 aliphatic rings. The van der Waals surface area contributed by atoms with Crippen molar-refractivity contribution in [3.05, 3.63) is 24.3 Å². The summed E-state index contributed by atoms with van der Waals surface area (Å²) in [5.41, 5.74) is 0. The van der Waals surface area contributed by atoms with Crippen molar-refractivity contribution in [2.75, 3.05) is 11.5 Å². The molecule has 0 aromatic heterocycles. The van der Waals surface area contributed by atoms with Gasteiger partial charge < -0.3 is 0 Å². The molecule has 0 aromatic rings. The fourth-order valence-corrected chi connectivity index (χ4v) is 4.02. The van der Waals surface area contributed by atoms with Crippen LogP contribution < -0.4 is 0 Å². The van der Waals surface area contributed by atoms with Gasteiger partial charge in [-0.15, -0.1) is 0 Å². The molecule has 0 radical (unpaired) electrons. The fraction of sp³-hybridized carbons (Fsp3) is 0.750.